The maximum Gasteiger partial charge on any atom is 0.287 e. The van der Waals surface area contributed by atoms with Gasteiger partial charge in [0.15, 0.2) is 22.3 Å². The van der Waals surface area contributed by atoms with Gasteiger partial charge >= 0.3 is 0 Å². The maximum absolute atomic E-state index is 12.6. The van der Waals surface area contributed by atoms with Crippen LogP contribution in [0.25, 0.3) is 11.1 Å². The van der Waals surface area contributed by atoms with Gasteiger partial charge < -0.3 is 14.2 Å². The first kappa shape index (κ1) is 20.3. The number of carbonyl (C=O) groups is 1. The third-order valence-corrected chi connectivity index (χ3v) is 9.11. The van der Waals surface area contributed by atoms with Crippen LogP contribution in [0.4, 0.5) is 0 Å². The van der Waals surface area contributed by atoms with Gasteiger partial charge in [-0.05, 0) is 80.2 Å². The Kier molecular flexibility index (Phi) is 4.50. The van der Waals surface area contributed by atoms with E-state index in [0.717, 1.165) is 55.5 Å². The molecule has 1 spiro atoms. The predicted molar refractivity (Wildman–Crippen MR) is 119 cm³/mol. The first-order valence-electron chi connectivity index (χ1n) is 11.0. The van der Waals surface area contributed by atoms with Crippen molar-refractivity contribution in [2.45, 2.75) is 55.6 Å². The number of oxazole rings is 1. The molecule has 1 aromatic carbocycles. The normalized spacial score (nSPS) is 28.8. The van der Waals surface area contributed by atoms with Crippen LogP contribution in [0.15, 0.2) is 44.3 Å². The van der Waals surface area contributed by atoms with Crippen molar-refractivity contribution in [2.75, 3.05) is 5.75 Å². The largest absolute Gasteiger partial charge is 0.441 e. The van der Waals surface area contributed by atoms with Crippen LogP contribution in [0.1, 0.15) is 60.9 Å². The van der Waals surface area contributed by atoms with Gasteiger partial charge in [-0.25, -0.2) is 14.0 Å². The molecule has 6 rings (SSSR count). The van der Waals surface area contributed by atoms with Gasteiger partial charge in [0.2, 0.25) is 0 Å². The van der Waals surface area contributed by atoms with Crippen LogP contribution in [0.3, 0.4) is 0 Å². The minimum absolute atomic E-state index is 0.103. The van der Waals surface area contributed by atoms with Gasteiger partial charge in [0.25, 0.3) is 5.91 Å². The van der Waals surface area contributed by atoms with E-state index in [4.69, 9.17) is 25.2 Å². The lowest BCUT2D eigenvalue weighted by Gasteiger charge is -2.57. The molecule has 0 bridgehead atoms. The summed E-state index contributed by atoms with van der Waals surface area (Å²) in [7, 11) is -2.96. The molecule has 32 heavy (non-hydrogen) atoms. The van der Waals surface area contributed by atoms with Crippen molar-refractivity contribution >= 4 is 38.3 Å². The Morgan fingerprint density at radius 2 is 1.97 bits per heavy atom. The van der Waals surface area contributed by atoms with Gasteiger partial charge in [-0.1, -0.05) is 11.6 Å². The van der Waals surface area contributed by atoms with E-state index in [0.29, 0.717) is 22.6 Å². The number of halogens is 1. The number of amides is 1. The Balaban J connectivity index is 1.03. The summed E-state index contributed by atoms with van der Waals surface area (Å²) in [6.45, 7) is 0. The average Bonchev–Trinajstić information content (AvgIpc) is 3.18. The highest BCUT2D eigenvalue weighted by Crippen LogP contribution is 2.61. The molecule has 3 fully saturated rings. The number of furan rings is 1. The van der Waals surface area contributed by atoms with Crippen molar-refractivity contribution in [1.29, 1.82) is 4.78 Å². The molecule has 7 nitrogen and oxygen atoms in total. The average molecular weight is 474 g/mol. The molecule has 168 valence electrons. The second-order valence-electron chi connectivity index (χ2n) is 9.75. The molecule has 2 N–H and O–H groups in total. The smallest absolute Gasteiger partial charge is 0.287 e. The summed E-state index contributed by atoms with van der Waals surface area (Å²) in [5, 5.41) is 3.78. The number of nitrogens with one attached hydrogen (secondary N) is 2. The first-order chi connectivity index (χ1) is 15.3. The molecule has 1 amide bonds. The standard InChI is InChI=1S/C23H24ClN3O4S/c24-15-3-4-18-17(7-15)27-22(31-18)14-8-23(9-14)10-16(11-23)26-21(28)19-5-6-20(30-19)32(25,29)12-13-1-2-13/h3-7,13-14,16,25H,1-2,8-12H2,(H,26,28)/t14?,16?,23?,32-/m1/s1. The van der Waals surface area contributed by atoms with Gasteiger partial charge in [-0.2, -0.15) is 0 Å². The second-order valence-corrected chi connectivity index (χ2v) is 12.3. The van der Waals surface area contributed by atoms with Crippen LogP contribution in [-0.2, 0) is 9.73 Å². The predicted octanol–water partition coefficient (Wildman–Crippen LogP) is 5.35. The number of fused-ring (bicyclic) bond motifs is 1. The minimum atomic E-state index is -2.96. The highest BCUT2D eigenvalue weighted by Gasteiger charge is 2.54. The number of hydrogen-bond donors (Lipinski definition) is 2. The third kappa shape index (κ3) is 3.63. The SMILES string of the molecule is N=[S@@](=O)(CC1CC1)c1ccc(C(=O)NC2CC3(C2)CC(c2nc4cc(Cl)ccc4o2)C3)o1. The molecule has 3 aliphatic carbocycles. The van der Waals surface area contributed by atoms with E-state index in [1.54, 1.807) is 6.07 Å². The molecular weight excluding hydrogens is 450 g/mol. The highest BCUT2D eigenvalue weighted by atomic mass is 35.5. The van der Waals surface area contributed by atoms with Crippen LogP contribution in [-0.4, -0.2) is 26.9 Å². The zero-order chi connectivity index (χ0) is 22.1. The van der Waals surface area contributed by atoms with Gasteiger partial charge in [-0.3, -0.25) is 4.79 Å². The molecule has 2 aromatic heterocycles. The zero-order valence-corrected chi connectivity index (χ0v) is 19.0. The summed E-state index contributed by atoms with van der Waals surface area (Å²) in [4.78, 5) is 17.2. The van der Waals surface area contributed by atoms with E-state index in [1.807, 2.05) is 12.1 Å². The van der Waals surface area contributed by atoms with Crippen molar-refractivity contribution in [3.63, 3.8) is 0 Å². The van der Waals surface area contributed by atoms with Crippen molar-refractivity contribution in [2.24, 2.45) is 11.3 Å². The lowest BCUT2D eigenvalue weighted by molar-refractivity contribution is -0.0256. The fraction of sp³-hybridized carbons (Fsp3) is 0.478. The molecular formula is C23H24ClN3O4S. The van der Waals surface area contributed by atoms with Crippen LogP contribution < -0.4 is 5.32 Å². The number of aromatic nitrogens is 1. The second kappa shape index (κ2) is 7.09. The fourth-order valence-electron chi connectivity index (χ4n) is 5.25. The molecule has 0 unspecified atom stereocenters. The third-order valence-electron chi connectivity index (χ3n) is 7.07. The summed E-state index contributed by atoms with van der Waals surface area (Å²) < 4.78 is 32.0. The Morgan fingerprint density at radius 3 is 2.72 bits per heavy atom. The highest BCUT2D eigenvalue weighted by molar-refractivity contribution is 7.92. The molecule has 1 atom stereocenters. The van der Waals surface area contributed by atoms with E-state index >= 15 is 0 Å². The number of nitrogens with zero attached hydrogens (tertiary/aromatic N) is 1. The van der Waals surface area contributed by atoms with E-state index in [1.165, 1.54) is 12.1 Å². The Hall–Kier alpha value is -2.32. The van der Waals surface area contributed by atoms with Gasteiger partial charge in [-0.15, -0.1) is 0 Å². The van der Waals surface area contributed by atoms with Gasteiger partial charge in [0, 0.05) is 22.7 Å². The Bertz CT molecular complexity index is 1310. The molecule has 9 heteroatoms. The van der Waals surface area contributed by atoms with E-state index in [9.17, 15) is 9.00 Å². The molecule has 0 aliphatic heterocycles. The quantitative estimate of drug-likeness (QED) is 0.501. The maximum atomic E-state index is 12.6. The minimum Gasteiger partial charge on any atom is -0.441 e. The van der Waals surface area contributed by atoms with Gasteiger partial charge in [0.05, 0.1) is 0 Å². The summed E-state index contributed by atoms with van der Waals surface area (Å²) in [5.41, 5.74) is 1.80. The number of benzene rings is 1. The van der Waals surface area contributed by atoms with Crippen molar-refractivity contribution in [3.8, 4) is 0 Å². The Labute approximate surface area is 190 Å². The van der Waals surface area contributed by atoms with E-state index in [-0.39, 0.29) is 28.2 Å². The first-order valence-corrected chi connectivity index (χ1v) is 13.1. The molecule has 0 radical (unpaired) electrons. The van der Waals surface area contributed by atoms with Crippen molar-refractivity contribution in [1.82, 2.24) is 10.3 Å². The van der Waals surface area contributed by atoms with Crippen molar-refractivity contribution in [3.05, 3.63) is 47.0 Å². The fourth-order valence-corrected chi connectivity index (χ4v) is 7.09. The summed E-state index contributed by atoms with van der Waals surface area (Å²) in [5.74, 6) is 1.59. The topological polar surface area (TPSA) is 109 Å². The molecule has 3 saturated carbocycles. The van der Waals surface area contributed by atoms with Crippen LogP contribution in [0.2, 0.25) is 5.02 Å². The molecule has 2 heterocycles. The summed E-state index contributed by atoms with van der Waals surface area (Å²) in [6.07, 6.45) is 5.90. The number of rotatable bonds is 6. The van der Waals surface area contributed by atoms with E-state index < -0.39 is 9.73 Å². The zero-order valence-electron chi connectivity index (χ0n) is 17.4. The lowest BCUT2D eigenvalue weighted by Crippen LogP contribution is -2.55. The monoisotopic (exact) mass is 473 g/mol. The van der Waals surface area contributed by atoms with Crippen molar-refractivity contribution < 1.29 is 17.8 Å². The van der Waals surface area contributed by atoms with Gasteiger partial charge in [0.1, 0.15) is 15.2 Å². The van der Waals surface area contributed by atoms with Crippen LogP contribution in [0, 0.1) is 16.1 Å². The van der Waals surface area contributed by atoms with E-state index in [2.05, 4.69) is 10.3 Å². The van der Waals surface area contributed by atoms with Crippen LogP contribution in [0.5, 0.6) is 0 Å². The molecule has 3 aliphatic rings. The molecule has 3 aromatic rings. The summed E-state index contributed by atoms with van der Waals surface area (Å²) >= 11 is 6.03. The lowest BCUT2D eigenvalue weighted by atomic mass is 9.50. The molecule has 0 saturated heterocycles. The number of carbonyl (C=O) groups excluding carboxylic acids is 1. The van der Waals surface area contributed by atoms with Crippen LogP contribution >= 0.6 is 11.6 Å². The Morgan fingerprint density at radius 1 is 1.19 bits per heavy atom. The summed E-state index contributed by atoms with van der Waals surface area (Å²) in [6, 6.07) is 8.61. The number of hydrogen-bond acceptors (Lipinski definition) is 6.